The van der Waals surface area contributed by atoms with Gasteiger partial charge in [0, 0.05) is 43.5 Å². The molecule has 0 radical (unpaired) electrons. The molecule has 0 bridgehead atoms. The number of carbonyl (C=O) groups excluding carboxylic acids is 1. The van der Waals surface area contributed by atoms with E-state index in [1.807, 2.05) is 11.1 Å². The van der Waals surface area contributed by atoms with Crippen molar-refractivity contribution < 1.29 is 14.3 Å². The predicted molar refractivity (Wildman–Crippen MR) is 100 cm³/mol. The third kappa shape index (κ3) is 3.50. The third-order valence-electron chi connectivity index (χ3n) is 5.51. The molecule has 4 rings (SSSR count). The van der Waals surface area contributed by atoms with E-state index >= 15 is 0 Å². The van der Waals surface area contributed by atoms with Crippen LogP contribution >= 0.6 is 0 Å². The lowest BCUT2D eigenvalue weighted by atomic mass is 10.1. The average molecular weight is 370 g/mol. The maximum Gasteiger partial charge on any atom is 0.259 e. The van der Waals surface area contributed by atoms with Crippen molar-refractivity contribution in [3.8, 4) is 11.8 Å². The molecule has 7 heteroatoms. The molecule has 1 amide bonds. The van der Waals surface area contributed by atoms with E-state index in [2.05, 4.69) is 21.5 Å². The van der Waals surface area contributed by atoms with Gasteiger partial charge >= 0.3 is 0 Å². The topological polar surface area (TPSA) is 69.5 Å². The summed E-state index contributed by atoms with van der Waals surface area (Å²) in [5.74, 6) is 3.01. The fourth-order valence-corrected chi connectivity index (χ4v) is 3.83. The lowest BCUT2D eigenvalue weighted by Gasteiger charge is -2.19. The second-order valence-corrected chi connectivity index (χ2v) is 7.46. The molecule has 2 fully saturated rings. The molecule has 2 aliphatic rings. The summed E-state index contributed by atoms with van der Waals surface area (Å²) < 4.78 is 12.8. The Kier molecular flexibility index (Phi) is 4.76. The van der Waals surface area contributed by atoms with Crippen molar-refractivity contribution in [3.63, 3.8) is 0 Å². The number of hydrogen-bond donors (Lipinski definition) is 0. The van der Waals surface area contributed by atoms with Crippen LogP contribution in [0.1, 0.15) is 47.1 Å². The maximum atomic E-state index is 13.0. The van der Waals surface area contributed by atoms with Gasteiger partial charge < -0.3 is 18.9 Å². The number of pyridine rings is 1. The largest absolute Gasteiger partial charge is 0.481 e. The van der Waals surface area contributed by atoms with Crippen LogP contribution in [0.3, 0.4) is 0 Å². The summed E-state index contributed by atoms with van der Waals surface area (Å²) in [5, 5.41) is 0. The van der Waals surface area contributed by atoms with Crippen LogP contribution < -0.4 is 9.47 Å². The first kappa shape index (κ1) is 17.8. The van der Waals surface area contributed by atoms with Crippen LogP contribution in [-0.2, 0) is 6.54 Å². The molecule has 1 unspecified atom stereocenters. The molecule has 3 heterocycles. The van der Waals surface area contributed by atoms with E-state index in [4.69, 9.17) is 9.47 Å². The zero-order valence-corrected chi connectivity index (χ0v) is 16.1. The van der Waals surface area contributed by atoms with Gasteiger partial charge in [0.1, 0.15) is 11.4 Å². The number of nitrogens with zero attached hydrogens (tertiary/aromatic N) is 4. The van der Waals surface area contributed by atoms with E-state index in [1.54, 1.807) is 19.2 Å². The fourth-order valence-electron chi connectivity index (χ4n) is 3.83. The van der Waals surface area contributed by atoms with Crippen molar-refractivity contribution in [2.45, 2.75) is 38.6 Å². The lowest BCUT2D eigenvalue weighted by molar-refractivity contribution is 0.0781. The van der Waals surface area contributed by atoms with Crippen molar-refractivity contribution in [3.05, 3.63) is 35.4 Å². The van der Waals surface area contributed by atoms with Gasteiger partial charge in [-0.25, -0.2) is 4.98 Å². The molecule has 144 valence electrons. The first-order valence-electron chi connectivity index (χ1n) is 9.51. The second-order valence-electron chi connectivity index (χ2n) is 7.46. The summed E-state index contributed by atoms with van der Waals surface area (Å²) in [6.07, 6.45) is 5.46. The molecule has 1 aliphatic carbocycles. The number of likely N-dealkylation sites (tertiary alicyclic amines) is 1. The minimum atomic E-state index is -0.0331. The predicted octanol–water partition coefficient (Wildman–Crippen LogP) is 2.64. The Morgan fingerprint density at radius 2 is 2.04 bits per heavy atom. The summed E-state index contributed by atoms with van der Waals surface area (Å²) in [5.41, 5.74) is 1.69. The van der Waals surface area contributed by atoms with E-state index in [9.17, 15) is 4.79 Å². The number of imidazole rings is 1. The standard InChI is InChI=1S/C20H26N4O3/c1-13-10-21-18(15-4-5-15)24(13)12-14-8-9-23(11-14)20(25)16-6-7-17(26-2)22-19(16)27-3/h6-7,10,14-15H,4-5,8-9,11-12H2,1-3H3. The summed E-state index contributed by atoms with van der Waals surface area (Å²) in [6.45, 7) is 4.55. The quantitative estimate of drug-likeness (QED) is 0.782. The van der Waals surface area contributed by atoms with Crippen LogP contribution in [0.25, 0.3) is 0 Å². The molecule has 1 saturated heterocycles. The number of aromatic nitrogens is 3. The van der Waals surface area contributed by atoms with Gasteiger partial charge in [-0.2, -0.15) is 4.98 Å². The Morgan fingerprint density at radius 1 is 1.22 bits per heavy atom. The first-order valence-corrected chi connectivity index (χ1v) is 9.51. The Hall–Kier alpha value is -2.57. The molecule has 2 aromatic rings. The Morgan fingerprint density at radius 3 is 2.74 bits per heavy atom. The minimum absolute atomic E-state index is 0.0331. The first-order chi connectivity index (χ1) is 13.1. The van der Waals surface area contributed by atoms with Crippen LogP contribution in [0.15, 0.2) is 18.3 Å². The van der Waals surface area contributed by atoms with Crippen molar-refractivity contribution in [1.82, 2.24) is 19.4 Å². The molecule has 0 aromatic carbocycles. The van der Waals surface area contributed by atoms with Crippen molar-refractivity contribution >= 4 is 5.91 Å². The van der Waals surface area contributed by atoms with Gasteiger partial charge in [0.2, 0.25) is 11.8 Å². The van der Waals surface area contributed by atoms with Gasteiger partial charge in [0.05, 0.1) is 14.2 Å². The summed E-state index contributed by atoms with van der Waals surface area (Å²) in [7, 11) is 3.06. The molecule has 0 N–H and O–H groups in total. The molecule has 7 nitrogen and oxygen atoms in total. The number of amides is 1. The minimum Gasteiger partial charge on any atom is -0.481 e. The number of hydrogen-bond acceptors (Lipinski definition) is 5. The molecule has 27 heavy (non-hydrogen) atoms. The molecule has 1 atom stereocenters. The van der Waals surface area contributed by atoms with E-state index in [-0.39, 0.29) is 5.91 Å². The van der Waals surface area contributed by atoms with Gasteiger partial charge in [-0.3, -0.25) is 4.79 Å². The molecule has 1 aliphatic heterocycles. The van der Waals surface area contributed by atoms with Crippen LogP contribution in [0.4, 0.5) is 0 Å². The van der Waals surface area contributed by atoms with Crippen LogP contribution in [-0.4, -0.2) is 52.7 Å². The normalized spacial score (nSPS) is 19.4. The number of methoxy groups -OCH3 is 2. The Labute approximate surface area is 159 Å². The highest BCUT2D eigenvalue weighted by atomic mass is 16.5. The SMILES string of the molecule is COc1ccc(C(=O)N2CCC(Cn3c(C)cnc3C3CC3)C2)c(OC)n1. The van der Waals surface area contributed by atoms with Gasteiger partial charge in [-0.15, -0.1) is 0 Å². The van der Waals surface area contributed by atoms with E-state index in [0.29, 0.717) is 29.2 Å². The number of ether oxygens (including phenoxy) is 2. The highest BCUT2D eigenvalue weighted by Crippen LogP contribution is 2.40. The van der Waals surface area contributed by atoms with Crippen LogP contribution in [0.2, 0.25) is 0 Å². The third-order valence-corrected chi connectivity index (χ3v) is 5.51. The maximum absolute atomic E-state index is 13.0. The molecule has 1 saturated carbocycles. The number of carbonyl (C=O) groups is 1. The van der Waals surface area contributed by atoms with Crippen LogP contribution in [0.5, 0.6) is 11.8 Å². The van der Waals surface area contributed by atoms with Crippen LogP contribution in [0, 0.1) is 12.8 Å². The molecule has 0 spiro atoms. The van der Waals surface area contributed by atoms with Crippen molar-refractivity contribution in [2.75, 3.05) is 27.3 Å². The highest BCUT2D eigenvalue weighted by molar-refractivity contribution is 5.96. The second kappa shape index (κ2) is 7.21. The number of rotatable bonds is 6. The van der Waals surface area contributed by atoms with E-state index in [1.165, 1.54) is 31.5 Å². The lowest BCUT2D eigenvalue weighted by Crippen LogP contribution is -2.30. The molecule has 2 aromatic heterocycles. The van der Waals surface area contributed by atoms with Gasteiger partial charge in [0.15, 0.2) is 0 Å². The van der Waals surface area contributed by atoms with Gasteiger partial charge in [-0.1, -0.05) is 0 Å². The van der Waals surface area contributed by atoms with Gasteiger partial charge in [0.25, 0.3) is 5.91 Å². The molecular weight excluding hydrogens is 344 g/mol. The smallest absolute Gasteiger partial charge is 0.259 e. The Bertz CT molecular complexity index is 844. The van der Waals surface area contributed by atoms with Crippen molar-refractivity contribution in [2.24, 2.45) is 5.92 Å². The van der Waals surface area contributed by atoms with E-state index < -0.39 is 0 Å². The summed E-state index contributed by atoms with van der Waals surface area (Å²) in [6, 6.07) is 3.42. The monoisotopic (exact) mass is 370 g/mol. The zero-order chi connectivity index (χ0) is 19.0. The zero-order valence-electron chi connectivity index (χ0n) is 16.1. The summed E-state index contributed by atoms with van der Waals surface area (Å²) >= 11 is 0. The van der Waals surface area contributed by atoms with E-state index in [0.717, 1.165) is 26.1 Å². The highest BCUT2D eigenvalue weighted by Gasteiger charge is 2.32. The number of aryl methyl sites for hydroxylation is 1. The fraction of sp³-hybridized carbons (Fsp3) is 0.550. The van der Waals surface area contributed by atoms with Crippen molar-refractivity contribution in [1.29, 1.82) is 0 Å². The summed E-state index contributed by atoms with van der Waals surface area (Å²) in [4.78, 5) is 23.7. The Balaban J connectivity index is 1.45. The van der Waals surface area contributed by atoms with Gasteiger partial charge in [-0.05, 0) is 38.2 Å². The molecular formula is C20H26N4O3. The average Bonchev–Trinajstić information content (AvgIpc) is 3.32.